The van der Waals surface area contributed by atoms with Gasteiger partial charge in [0.25, 0.3) is 0 Å². The quantitative estimate of drug-likeness (QED) is 0.805. The average Bonchev–Trinajstić information content (AvgIpc) is 2.30. The van der Waals surface area contributed by atoms with Crippen LogP contribution in [0.3, 0.4) is 0 Å². The Balaban J connectivity index is 2.05. The highest BCUT2D eigenvalue weighted by molar-refractivity contribution is 7.85. The van der Waals surface area contributed by atoms with Gasteiger partial charge in [-0.25, -0.2) is 0 Å². The number of allylic oxidation sites excluding steroid dienone is 1. The fraction of sp³-hybridized carbons (Fsp3) is 0.308. The van der Waals surface area contributed by atoms with E-state index in [-0.39, 0.29) is 5.78 Å². The van der Waals surface area contributed by atoms with Gasteiger partial charge in [0, 0.05) is 17.1 Å². The smallest absolute Gasteiger partial charge is 0.155 e. The van der Waals surface area contributed by atoms with Gasteiger partial charge in [-0.15, -0.1) is 0 Å². The lowest BCUT2D eigenvalue weighted by Crippen LogP contribution is -2.08. The maximum absolute atomic E-state index is 12.0. The van der Waals surface area contributed by atoms with Crippen molar-refractivity contribution in [2.45, 2.75) is 24.2 Å². The van der Waals surface area contributed by atoms with Gasteiger partial charge in [-0.05, 0) is 31.1 Å². The molecule has 1 atom stereocenters. The van der Waals surface area contributed by atoms with E-state index in [0.29, 0.717) is 12.2 Å². The second-order valence-electron chi connectivity index (χ2n) is 3.93. The number of hydrogen-bond donors (Lipinski definition) is 0. The number of rotatable bonds is 3. The minimum atomic E-state index is -1.02. The summed E-state index contributed by atoms with van der Waals surface area (Å²) < 4.78 is 12.0. The van der Waals surface area contributed by atoms with E-state index in [1.54, 1.807) is 6.08 Å². The predicted molar refractivity (Wildman–Crippen MR) is 64.7 cm³/mol. The molecule has 0 aliphatic heterocycles. The van der Waals surface area contributed by atoms with Crippen LogP contribution in [0.5, 0.6) is 0 Å². The van der Waals surface area contributed by atoms with Crippen molar-refractivity contribution in [3.05, 3.63) is 42.0 Å². The van der Waals surface area contributed by atoms with Crippen LogP contribution in [0.4, 0.5) is 0 Å². The van der Waals surface area contributed by atoms with Crippen LogP contribution in [-0.4, -0.2) is 15.7 Å². The number of ketones is 1. The Kier molecular flexibility index (Phi) is 3.67. The van der Waals surface area contributed by atoms with E-state index >= 15 is 0 Å². The summed E-state index contributed by atoms with van der Waals surface area (Å²) >= 11 is 0. The fourth-order valence-corrected chi connectivity index (χ4v) is 2.99. The summed E-state index contributed by atoms with van der Waals surface area (Å²) in [7, 11) is -1.02. The molecule has 2 rings (SSSR count). The molecule has 0 saturated carbocycles. The first-order chi connectivity index (χ1) is 7.75. The molecule has 1 aliphatic rings. The lowest BCUT2D eigenvalue weighted by Gasteiger charge is -2.11. The molecule has 0 fully saturated rings. The summed E-state index contributed by atoms with van der Waals surface area (Å²) in [6.07, 6.45) is 4.12. The molecule has 16 heavy (non-hydrogen) atoms. The van der Waals surface area contributed by atoms with Gasteiger partial charge in [-0.1, -0.05) is 23.8 Å². The maximum Gasteiger partial charge on any atom is 0.155 e. The highest BCUT2D eigenvalue weighted by atomic mass is 32.2. The van der Waals surface area contributed by atoms with Crippen molar-refractivity contribution in [1.29, 1.82) is 0 Å². The molecular formula is C13H14O2S. The highest BCUT2D eigenvalue weighted by Gasteiger charge is 2.13. The van der Waals surface area contributed by atoms with Crippen molar-refractivity contribution in [2.75, 3.05) is 5.75 Å². The Bertz CT molecular complexity index is 435. The number of carbonyl (C=O) groups excluding carboxylic acids is 1. The van der Waals surface area contributed by atoms with E-state index in [4.69, 9.17) is 0 Å². The molecule has 0 radical (unpaired) electrons. The summed E-state index contributed by atoms with van der Waals surface area (Å²) in [5.41, 5.74) is 1.03. The Morgan fingerprint density at radius 2 is 1.88 bits per heavy atom. The SMILES string of the molecule is O=C1C=C(CS(=O)c2ccccc2)CCC1. The van der Waals surface area contributed by atoms with Gasteiger partial charge in [0.05, 0.1) is 10.8 Å². The number of hydrogen-bond acceptors (Lipinski definition) is 2. The van der Waals surface area contributed by atoms with Gasteiger partial charge >= 0.3 is 0 Å². The van der Waals surface area contributed by atoms with Crippen molar-refractivity contribution in [3.63, 3.8) is 0 Å². The topological polar surface area (TPSA) is 34.1 Å². The van der Waals surface area contributed by atoms with Crippen molar-refractivity contribution in [1.82, 2.24) is 0 Å². The van der Waals surface area contributed by atoms with E-state index in [9.17, 15) is 9.00 Å². The van der Waals surface area contributed by atoms with Crippen LogP contribution in [0, 0.1) is 0 Å². The largest absolute Gasteiger partial charge is 0.295 e. The zero-order valence-electron chi connectivity index (χ0n) is 9.02. The molecule has 1 aromatic carbocycles. The molecule has 0 saturated heterocycles. The van der Waals surface area contributed by atoms with Crippen molar-refractivity contribution in [2.24, 2.45) is 0 Å². The first kappa shape index (κ1) is 11.3. The lowest BCUT2D eigenvalue weighted by molar-refractivity contribution is -0.115. The Morgan fingerprint density at radius 1 is 1.12 bits per heavy atom. The molecule has 0 aromatic heterocycles. The van der Waals surface area contributed by atoms with E-state index in [1.165, 1.54) is 0 Å². The van der Waals surface area contributed by atoms with Gasteiger partial charge in [-0.3, -0.25) is 9.00 Å². The third-order valence-electron chi connectivity index (χ3n) is 2.61. The Labute approximate surface area is 97.8 Å². The third kappa shape index (κ3) is 2.89. The van der Waals surface area contributed by atoms with Crippen molar-refractivity contribution >= 4 is 16.6 Å². The molecule has 0 spiro atoms. The molecule has 0 N–H and O–H groups in total. The molecule has 1 aliphatic carbocycles. The molecule has 3 heteroatoms. The standard InChI is InChI=1S/C13H14O2S/c14-12-6-4-5-11(9-12)10-16(15)13-7-2-1-3-8-13/h1-3,7-9H,4-6,10H2. The minimum Gasteiger partial charge on any atom is -0.295 e. The van der Waals surface area contributed by atoms with Crippen LogP contribution >= 0.6 is 0 Å². The normalized spacial score (nSPS) is 18.0. The molecule has 0 bridgehead atoms. The van der Waals surface area contributed by atoms with Crippen LogP contribution in [-0.2, 0) is 15.6 Å². The molecule has 1 unspecified atom stereocenters. The zero-order chi connectivity index (χ0) is 11.4. The van der Waals surface area contributed by atoms with Crippen LogP contribution in [0.15, 0.2) is 46.9 Å². The summed E-state index contributed by atoms with van der Waals surface area (Å²) in [5, 5.41) is 0. The van der Waals surface area contributed by atoms with Gasteiger partial charge in [-0.2, -0.15) is 0 Å². The third-order valence-corrected chi connectivity index (χ3v) is 4.04. The van der Waals surface area contributed by atoms with E-state index in [0.717, 1.165) is 23.3 Å². The van der Waals surface area contributed by atoms with Crippen LogP contribution < -0.4 is 0 Å². The summed E-state index contributed by atoms with van der Waals surface area (Å²) in [5.74, 6) is 0.668. The number of carbonyl (C=O) groups is 1. The Hall–Kier alpha value is -1.22. The van der Waals surface area contributed by atoms with E-state index < -0.39 is 10.8 Å². The second kappa shape index (κ2) is 5.21. The first-order valence-electron chi connectivity index (χ1n) is 5.41. The number of benzene rings is 1. The maximum atomic E-state index is 12.0. The summed E-state index contributed by atoms with van der Waals surface area (Å²) in [4.78, 5) is 12.1. The highest BCUT2D eigenvalue weighted by Crippen LogP contribution is 2.18. The van der Waals surface area contributed by atoms with Crippen molar-refractivity contribution in [3.8, 4) is 0 Å². The molecule has 0 heterocycles. The van der Waals surface area contributed by atoms with Crippen LogP contribution in [0.1, 0.15) is 19.3 Å². The first-order valence-corrected chi connectivity index (χ1v) is 6.73. The monoisotopic (exact) mass is 234 g/mol. The van der Waals surface area contributed by atoms with Gasteiger partial charge in [0.1, 0.15) is 0 Å². The molecule has 84 valence electrons. The summed E-state index contributed by atoms with van der Waals surface area (Å²) in [6.45, 7) is 0. The lowest BCUT2D eigenvalue weighted by atomic mass is 10.0. The molecule has 0 amide bonds. The summed E-state index contributed by atoms with van der Waals surface area (Å²) in [6, 6.07) is 9.40. The Morgan fingerprint density at radius 3 is 2.56 bits per heavy atom. The van der Waals surface area contributed by atoms with Gasteiger partial charge in [0.2, 0.25) is 0 Å². The van der Waals surface area contributed by atoms with Crippen molar-refractivity contribution < 1.29 is 9.00 Å². The second-order valence-corrected chi connectivity index (χ2v) is 5.38. The van der Waals surface area contributed by atoms with E-state index in [1.807, 2.05) is 30.3 Å². The molecular weight excluding hydrogens is 220 g/mol. The predicted octanol–water partition coefficient (Wildman–Crippen LogP) is 2.47. The zero-order valence-corrected chi connectivity index (χ0v) is 9.83. The minimum absolute atomic E-state index is 0.173. The van der Waals surface area contributed by atoms with Crippen LogP contribution in [0.2, 0.25) is 0 Å². The molecule has 1 aromatic rings. The average molecular weight is 234 g/mol. The van der Waals surface area contributed by atoms with Gasteiger partial charge in [0.15, 0.2) is 5.78 Å². The molecule has 2 nitrogen and oxygen atoms in total. The fourth-order valence-electron chi connectivity index (χ4n) is 1.80. The van der Waals surface area contributed by atoms with Crippen LogP contribution in [0.25, 0.3) is 0 Å². The van der Waals surface area contributed by atoms with E-state index in [2.05, 4.69) is 0 Å². The van der Waals surface area contributed by atoms with Gasteiger partial charge < -0.3 is 0 Å².